The zero-order valence-electron chi connectivity index (χ0n) is 14.9. The monoisotopic (exact) mass is 440 g/mol. The summed E-state index contributed by atoms with van der Waals surface area (Å²) in [5.41, 5.74) is 3.63. The maximum absolute atomic E-state index is 13.3. The normalized spacial score (nSPS) is 17.0. The summed E-state index contributed by atoms with van der Waals surface area (Å²) in [6.45, 7) is 5.30. The summed E-state index contributed by atoms with van der Waals surface area (Å²) in [5, 5.41) is 0.664. The number of anilines is 1. The van der Waals surface area contributed by atoms with Crippen molar-refractivity contribution in [1.29, 1.82) is 0 Å². The molecule has 0 bridgehead atoms. The number of nitrogens with zero attached hydrogens (tertiary/aromatic N) is 2. The molecular formula is C19H18Cl2N2O2S2. The smallest absolute Gasteiger partial charge is 0.262 e. The number of carbonyl (C=O) groups excluding carboxylic acids is 1. The highest BCUT2D eigenvalue weighted by Gasteiger charge is 2.29. The number of aromatic nitrogens is 1. The Labute approximate surface area is 175 Å². The summed E-state index contributed by atoms with van der Waals surface area (Å²) in [5.74, 6) is -0.188. The quantitative estimate of drug-likeness (QED) is 0.491. The van der Waals surface area contributed by atoms with Crippen molar-refractivity contribution in [2.75, 3.05) is 18.1 Å². The molecule has 3 aromatic rings. The molecule has 4 nitrogen and oxygen atoms in total. The highest BCUT2D eigenvalue weighted by molar-refractivity contribution is 7.22. The predicted molar refractivity (Wildman–Crippen MR) is 114 cm³/mol. The van der Waals surface area contributed by atoms with E-state index in [0.29, 0.717) is 25.9 Å². The second kappa shape index (κ2) is 7.68. The Morgan fingerprint density at radius 2 is 2.11 bits per heavy atom. The Morgan fingerprint density at radius 3 is 2.78 bits per heavy atom. The second-order valence-corrected chi connectivity index (χ2v) is 10.0. The molecule has 142 valence electrons. The van der Waals surface area contributed by atoms with Gasteiger partial charge in [0.25, 0.3) is 5.91 Å². The minimum atomic E-state index is -0.188. The molecule has 1 fully saturated rings. The van der Waals surface area contributed by atoms with Crippen molar-refractivity contribution in [2.45, 2.75) is 32.8 Å². The number of carbonyl (C=O) groups is 1. The van der Waals surface area contributed by atoms with Crippen LogP contribution in [0.1, 0.15) is 34.3 Å². The second-order valence-electron chi connectivity index (χ2n) is 6.71. The molecule has 3 heterocycles. The molecule has 0 unspecified atom stereocenters. The van der Waals surface area contributed by atoms with Gasteiger partial charge in [-0.05, 0) is 49.9 Å². The van der Waals surface area contributed by atoms with Crippen LogP contribution in [0.15, 0.2) is 18.2 Å². The molecule has 1 aromatic carbocycles. The van der Waals surface area contributed by atoms with Gasteiger partial charge in [-0.3, -0.25) is 9.69 Å². The van der Waals surface area contributed by atoms with Crippen molar-refractivity contribution in [3.05, 3.63) is 43.6 Å². The van der Waals surface area contributed by atoms with Crippen LogP contribution in [0.4, 0.5) is 5.13 Å². The van der Waals surface area contributed by atoms with Crippen molar-refractivity contribution in [2.24, 2.45) is 0 Å². The first-order valence-corrected chi connectivity index (χ1v) is 11.1. The molecule has 2 aromatic heterocycles. The Kier molecular flexibility index (Phi) is 5.45. The molecule has 0 saturated carbocycles. The Balaban J connectivity index is 1.76. The number of halogens is 2. The van der Waals surface area contributed by atoms with Crippen LogP contribution in [-0.2, 0) is 4.74 Å². The summed E-state index contributed by atoms with van der Waals surface area (Å²) in [6, 6.07) is 5.84. The van der Waals surface area contributed by atoms with Crippen molar-refractivity contribution in [3.8, 4) is 0 Å². The van der Waals surface area contributed by atoms with Gasteiger partial charge in [-0.1, -0.05) is 40.6 Å². The fourth-order valence-electron chi connectivity index (χ4n) is 3.35. The molecule has 0 spiro atoms. The number of amides is 1. The van der Waals surface area contributed by atoms with E-state index in [1.165, 1.54) is 28.2 Å². The minimum absolute atomic E-state index is 0.0108. The topological polar surface area (TPSA) is 42.4 Å². The van der Waals surface area contributed by atoms with Crippen molar-refractivity contribution in [3.63, 3.8) is 0 Å². The van der Waals surface area contributed by atoms with Gasteiger partial charge in [-0.15, -0.1) is 11.3 Å². The van der Waals surface area contributed by atoms with E-state index in [0.717, 1.165) is 35.2 Å². The molecule has 8 heteroatoms. The maximum Gasteiger partial charge on any atom is 0.262 e. The van der Waals surface area contributed by atoms with Crippen molar-refractivity contribution < 1.29 is 9.53 Å². The van der Waals surface area contributed by atoms with E-state index in [1.807, 2.05) is 6.92 Å². The molecule has 1 saturated heterocycles. The Morgan fingerprint density at radius 1 is 1.30 bits per heavy atom. The summed E-state index contributed by atoms with van der Waals surface area (Å²) in [7, 11) is 0. The third kappa shape index (κ3) is 3.87. The maximum atomic E-state index is 13.3. The standard InChI is InChI=1S/C19H18Cl2N2O2S2/c1-10-6-11(2)16-14(7-10)26-19(22-16)23(9-12-4-3-5-25-12)18(24)13-8-15(20)27-17(13)21/h6-8,12H,3-5,9H2,1-2H3/t12-/m0/s1. The first-order valence-electron chi connectivity index (χ1n) is 8.68. The van der Waals surface area contributed by atoms with Gasteiger partial charge < -0.3 is 4.74 Å². The number of hydrogen-bond donors (Lipinski definition) is 0. The lowest BCUT2D eigenvalue weighted by molar-refractivity contribution is 0.0918. The van der Waals surface area contributed by atoms with E-state index in [9.17, 15) is 4.79 Å². The minimum Gasteiger partial charge on any atom is -0.376 e. The van der Waals surface area contributed by atoms with Crippen molar-refractivity contribution >= 4 is 67.1 Å². The van der Waals surface area contributed by atoms with E-state index < -0.39 is 0 Å². The summed E-state index contributed by atoms with van der Waals surface area (Å²) in [4.78, 5) is 19.8. The molecule has 1 aliphatic heterocycles. The summed E-state index contributed by atoms with van der Waals surface area (Å²) >= 11 is 15.0. The molecule has 1 amide bonds. The number of ether oxygens (including phenoxy) is 1. The molecule has 0 N–H and O–H groups in total. The number of benzene rings is 1. The van der Waals surface area contributed by atoms with Crippen LogP contribution in [0.3, 0.4) is 0 Å². The third-order valence-electron chi connectivity index (χ3n) is 4.59. The predicted octanol–water partition coefficient (Wildman–Crippen LogP) is 6.11. The third-order valence-corrected chi connectivity index (χ3v) is 7.10. The average molecular weight is 441 g/mol. The molecule has 1 aliphatic rings. The van der Waals surface area contributed by atoms with Gasteiger partial charge in [0.1, 0.15) is 4.34 Å². The zero-order valence-corrected chi connectivity index (χ0v) is 18.1. The number of rotatable bonds is 4. The van der Waals surface area contributed by atoms with Gasteiger partial charge in [0.15, 0.2) is 5.13 Å². The van der Waals surface area contributed by atoms with Gasteiger partial charge >= 0.3 is 0 Å². The molecule has 0 aliphatic carbocycles. The molecule has 0 radical (unpaired) electrons. The highest BCUT2D eigenvalue weighted by Crippen LogP contribution is 2.36. The van der Waals surface area contributed by atoms with E-state index in [2.05, 4.69) is 19.1 Å². The fourth-order valence-corrected chi connectivity index (χ4v) is 5.94. The van der Waals surface area contributed by atoms with Crippen LogP contribution >= 0.6 is 45.9 Å². The largest absolute Gasteiger partial charge is 0.376 e. The van der Waals surface area contributed by atoms with Gasteiger partial charge in [0.05, 0.1) is 32.8 Å². The van der Waals surface area contributed by atoms with Gasteiger partial charge in [-0.25, -0.2) is 4.98 Å². The van der Waals surface area contributed by atoms with E-state index in [1.54, 1.807) is 11.0 Å². The number of thiazole rings is 1. The average Bonchev–Trinajstić information content (AvgIpc) is 3.32. The fraction of sp³-hybridized carbons (Fsp3) is 0.368. The van der Waals surface area contributed by atoms with E-state index in [4.69, 9.17) is 32.9 Å². The van der Waals surface area contributed by atoms with Crippen LogP contribution < -0.4 is 4.90 Å². The lowest BCUT2D eigenvalue weighted by Gasteiger charge is -2.22. The number of fused-ring (bicyclic) bond motifs is 1. The van der Waals surface area contributed by atoms with E-state index in [-0.39, 0.29) is 12.0 Å². The first-order chi connectivity index (χ1) is 12.9. The Bertz CT molecular complexity index is 1010. The van der Waals surface area contributed by atoms with Gasteiger partial charge in [0, 0.05) is 6.61 Å². The van der Waals surface area contributed by atoms with Gasteiger partial charge in [0.2, 0.25) is 0 Å². The van der Waals surface area contributed by atoms with Crippen LogP contribution in [0.5, 0.6) is 0 Å². The van der Waals surface area contributed by atoms with Crippen LogP contribution in [0.2, 0.25) is 8.67 Å². The molecule has 4 rings (SSSR count). The molecule has 1 atom stereocenters. The SMILES string of the molecule is Cc1cc(C)c2nc(N(C[C@@H]3CCCO3)C(=O)c3cc(Cl)sc3Cl)sc2c1. The number of hydrogen-bond acceptors (Lipinski definition) is 5. The van der Waals surface area contributed by atoms with E-state index >= 15 is 0 Å². The molecular weight excluding hydrogens is 423 g/mol. The van der Waals surface area contributed by atoms with Crippen molar-refractivity contribution in [1.82, 2.24) is 4.98 Å². The first kappa shape index (κ1) is 19.2. The zero-order chi connectivity index (χ0) is 19.1. The summed E-state index contributed by atoms with van der Waals surface area (Å²) in [6.07, 6.45) is 1.96. The summed E-state index contributed by atoms with van der Waals surface area (Å²) < 4.78 is 7.74. The highest BCUT2D eigenvalue weighted by atomic mass is 35.5. The van der Waals surface area contributed by atoms with Gasteiger partial charge in [-0.2, -0.15) is 0 Å². The van der Waals surface area contributed by atoms with Crippen LogP contribution in [-0.4, -0.2) is 30.1 Å². The number of thiophene rings is 1. The molecule has 27 heavy (non-hydrogen) atoms. The van der Waals surface area contributed by atoms with Crippen LogP contribution in [0.25, 0.3) is 10.2 Å². The lowest BCUT2D eigenvalue weighted by atomic mass is 10.1. The van der Waals surface area contributed by atoms with Crippen LogP contribution in [0, 0.1) is 13.8 Å². The Hall–Kier alpha value is -1.18. The number of aryl methyl sites for hydroxylation is 2. The lowest BCUT2D eigenvalue weighted by Crippen LogP contribution is -2.37.